The van der Waals surface area contributed by atoms with Gasteiger partial charge in [0.1, 0.15) is 5.78 Å². The summed E-state index contributed by atoms with van der Waals surface area (Å²) in [6.45, 7) is 4.31. The Labute approximate surface area is 174 Å². The van der Waals surface area contributed by atoms with E-state index >= 15 is 0 Å². The Bertz CT molecular complexity index is 672. The van der Waals surface area contributed by atoms with E-state index in [2.05, 4.69) is 6.92 Å². The van der Waals surface area contributed by atoms with Crippen molar-refractivity contribution in [1.29, 1.82) is 0 Å². The van der Waals surface area contributed by atoms with Gasteiger partial charge in [-0.05, 0) is 74.8 Å². The Kier molecular flexibility index (Phi) is 8.08. The van der Waals surface area contributed by atoms with E-state index in [0.29, 0.717) is 23.9 Å². The lowest BCUT2D eigenvalue weighted by Gasteiger charge is -2.31. The van der Waals surface area contributed by atoms with E-state index in [1.165, 1.54) is 44.6 Å². The van der Waals surface area contributed by atoms with Crippen LogP contribution in [0.15, 0.2) is 12.1 Å². The maximum absolute atomic E-state index is 14.5. The topological polar surface area (TPSA) is 26.3 Å². The molecule has 162 valence electrons. The zero-order chi connectivity index (χ0) is 20.8. The molecular formula is C25H36F2O2. The molecule has 0 amide bonds. The number of ether oxygens (including phenoxy) is 1. The van der Waals surface area contributed by atoms with E-state index in [1.807, 2.05) is 0 Å². The monoisotopic (exact) mass is 406 g/mol. The van der Waals surface area contributed by atoms with Crippen molar-refractivity contribution in [2.75, 3.05) is 6.61 Å². The molecule has 0 radical (unpaired) electrons. The van der Waals surface area contributed by atoms with Crippen molar-refractivity contribution in [3.8, 4) is 5.75 Å². The zero-order valence-corrected chi connectivity index (χ0v) is 18.0. The van der Waals surface area contributed by atoms with Crippen LogP contribution in [0.25, 0.3) is 0 Å². The van der Waals surface area contributed by atoms with E-state index < -0.39 is 11.6 Å². The minimum atomic E-state index is -0.888. The number of carbonyl (C=O) groups excluding carboxylic acids is 1. The fraction of sp³-hybridized carbons (Fsp3) is 0.720. The molecule has 0 saturated heterocycles. The van der Waals surface area contributed by atoms with Crippen LogP contribution in [0.1, 0.15) is 96.0 Å². The molecule has 0 aliphatic heterocycles. The molecule has 2 saturated carbocycles. The van der Waals surface area contributed by atoms with Gasteiger partial charge in [0.25, 0.3) is 0 Å². The summed E-state index contributed by atoms with van der Waals surface area (Å²) in [5.41, 5.74) is 0.436. The third-order valence-electron chi connectivity index (χ3n) is 7.15. The van der Waals surface area contributed by atoms with Crippen LogP contribution in [0, 0.1) is 29.4 Å². The van der Waals surface area contributed by atoms with Gasteiger partial charge in [-0.25, -0.2) is 4.39 Å². The fourth-order valence-electron chi connectivity index (χ4n) is 5.44. The van der Waals surface area contributed by atoms with Gasteiger partial charge >= 0.3 is 0 Å². The van der Waals surface area contributed by atoms with Gasteiger partial charge in [-0.1, -0.05) is 38.7 Å². The lowest BCUT2D eigenvalue weighted by Crippen LogP contribution is -2.25. The van der Waals surface area contributed by atoms with Crippen molar-refractivity contribution in [2.45, 2.75) is 90.4 Å². The molecule has 2 fully saturated rings. The van der Waals surface area contributed by atoms with Gasteiger partial charge in [0, 0.05) is 12.3 Å². The number of benzene rings is 1. The number of carbonyl (C=O) groups is 1. The average molecular weight is 407 g/mol. The first-order valence-corrected chi connectivity index (χ1v) is 11.7. The number of ketones is 1. The third-order valence-corrected chi connectivity index (χ3v) is 7.15. The molecule has 0 aromatic heterocycles. The van der Waals surface area contributed by atoms with E-state index in [-0.39, 0.29) is 17.6 Å². The van der Waals surface area contributed by atoms with E-state index in [4.69, 9.17) is 4.74 Å². The molecule has 0 heterocycles. The molecule has 0 N–H and O–H groups in total. The summed E-state index contributed by atoms with van der Waals surface area (Å²) in [7, 11) is 0. The smallest absolute Gasteiger partial charge is 0.200 e. The minimum absolute atomic E-state index is 0.00582. The van der Waals surface area contributed by atoms with Crippen molar-refractivity contribution in [3.05, 3.63) is 29.3 Å². The number of halogens is 2. The Morgan fingerprint density at radius 1 is 0.931 bits per heavy atom. The Balaban J connectivity index is 1.49. The summed E-state index contributed by atoms with van der Waals surface area (Å²) >= 11 is 0. The van der Waals surface area contributed by atoms with Crippen molar-refractivity contribution >= 4 is 5.78 Å². The molecule has 29 heavy (non-hydrogen) atoms. The van der Waals surface area contributed by atoms with Crippen LogP contribution < -0.4 is 4.74 Å². The standard InChI is InChI=1S/C25H36F2O2/c1-3-5-17-6-8-18(9-7-17)16-22(28)20-12-10-19(11-13-20)21-14-15-23(29-4-2)25(27)24(21)26/h14-15,17-20H,3-13,16H2,1-2H3. The molecule has 3 rings (SSSR count). The lowest BCUT2D eigenvalue weighted by atomic mass is 9.73. The van der Waals surface area contributed by atoms with Crippen molar-refractivity contribution in [2.24, 2.45) is 17.8 Å². The van der Waals surface area contributed by atoms with Crippen LogP contribution in [0.2, 0.25) is 0 Å². The molecule has 1 aromatic rings. The molecule has 0 atom stereocenters. The number of hydrogen-bond acceptors (Lipinski definition) is 2. The molecule has 2 nitrogen and oxygen atoms in total. The molecule has 1 aromatic carbocycles. The molecule has 4 heteroatoms. The van der Waals surface area contributed by atoms with Crippen LogP contribution in [0.5, 0.6) is 5.75 Å². The lowest BCUT2D eigenvalue weighted by molar-refractivity contribution is -0.125. The maximum atomic E-state index is 14.5. The second kappa shape index (κ2) is 10.5. The molecule has 0 bridgehead atoms. The van der Waals surface area contributed by atoms with Gasteiger partial charge in [0.05, 0.1) is 6.61 Å². The van der Waals surface area contributed by atoms with E-state index in [9.17, 15) is 13.6 Å². The molecule has 2 aliphatic rings. The Morgan fingerprint density at radius 3 is 2.21 bits per heavy atom. The third kappa shape index (κ3) is 5.58. The van der Waals surface area contributed by atoms with Crippen LogP contribution in [-0.2, 0) is 4.79 Å². The van der Waals surface area contributed by atoms with E-state index in [1.54, 1.807) is 13.0 Å². The van der Waals surface area contributed by atoms with Gasteiger partial charge in [-0.15, -0.1) is 0 Å². The Morgan fingerprint density at radius 2 is 1.59 bits per heavy atom. The van der Waals surface area contributed by atoms with Crippen molar-refractivity contribution < 1.29 is 18.3 Å². The second-order valence-corrected chi connectivity index (χ2v) is 9.11. The zero-order valence-electron chi connectivity index (χ0n) is 18.0. The minimum Gasteiger partial charge on any atom is -0.491 e. The number of Topliss-reactive ketones (excluding diaryl/α,β-unsaturated/α-hetero) is 1. The van der Waals surface area contributed by atoms with Gasteiger partial charge in [0.15, 0.2) is 11.6 Å². The predicted octanol–water partition coefficient (Wildman–Crippen LogP) is 7.20. The van der Waals surface area contributed by atoms with E-state index in [0.717, 1.165) is 38.0 Å². The highest BCUT2D eigenvalue weighted by molar-refractivity contribution is 5.81. The van der Waals surface area contributed by atoms with Crippen molar-refractivity contribution in [1.82, 2.24) is 0 Å². The highest BCUT2D eigenvalue weighted by atomic mass is 19.2. The van der Waals surface area contributed by atoms with Crippen LogP contribution >= 0.6 is 0 Å². The molecule has 2 aliphatic carbocycles. The highest BCUT2D eigenvalue weighted by Crippen LogP contribution is 2.40. The summed E-state index contributed by atoms with van der Waals surface area (Å²) < 4.78 is 33.8. The first kappa shape index (κ1) is 22.2. The quantitative estimate of drug-likeness (QED) is 0.456. The summed E-state index contributed by atoms with van der Waals surface area (Å²) in [4.78, 5) is 12.8. The fourth-order valence-corrected chi connectivity index (χ4v) is 5.44. The Hall–Kier alpha value is -1.45. The SMILES string of the molecule is CCCC1CCC(CC(=O)C2CCC(c3ccc(OCC)c(F)c3F)CC2)CC1. The first-order valence-electron chi connectivity index (χ1n) is 11.7. The van der Waals surface area contributed by atoms with Gasteiger partial charge in [-0.2, -0.15) is 4.39 Å². The summed E-state index contributed by atoms with van der Waals surface area (Å²) in [5.74, 6) is 0.240. The average Bonchev–Trinajstić information content (AvgIpc) is 2.73. The van der Waals surface area contributed by atoms with Crippen LogP contribution in [-0.4, -0.2) is 12.4 Å². The molecule has 0 unspecified atom stereocenters. The number of rotatable bonds is 8. The molecular weight excluding hydrogens is 370 g/mol. The summed E-state index contributed by atoms with van der Waals surface area (Å²) in [6.07, 6.45) is 11.4. The summed E-state index contributed by atoms with van der Waals surface area (Å²) in [6, 6.07) is 3.19. The first-order chi connectivity index (χ1) is 14.0. The van der Waals surface area contributed by atoms with Gasteiger partial charge < -0.3 is 4.74 Å². The highest BCUT2D eigenvalue weighted by Gasteiger charge is 2.31. The maximum Gasteiger partial charge on any atom is 0.200 e. The van der Waals surface area contributed by atoms with Gasteiger partial charge in [0.2, 0.25) is 5.82 Å². The van der Waals surface area contributed by atoms with Crippen LogP contribution in [0.3, 0.4) is 0 Å². The van der Waals surface area contributed by atoms with Crippen molar-refractivity contribution in [3.63, 3.8) is 0 Å². The largest absolute Gasteiger partial charge is 0.491 e. The number of hydrogen-bond donors (Lipinski definition) is 0. The van der Waals surface area contributed by atoms with Crippen LogP contribution in [0.4, 0.5) is 8.78 Å². The van der Waals surface area contributed by atoms with Gasteiger partial charge in [-0.3, -0.25) is 4.79 Å². The predicted molar refractivity (Wildman–Crippen MR) is 112 cm³/mol. The summed E-state index contributed by atoms with van der Waals surface area (Å²) in [5, 5.41) is 0. The normalized spacial score (nSPS) is 27.6. The second-order valence-electron chi connectivity index (χ2n) is 9.11. The molecule has 0 spiro atoms.